The molecule has 0 saturated heterocycles. The van der Waals surface area contributed by atoms with Crippen molar-refractivity contribution in [2.24, 2.45) is 4.99 Å². The Morgan fingerprint density at radius 2 is 1.72 bits per heavy atom. The van der Waals surface area contributed by atoms with Crippen molar-refractivity contribution in [3.8, 4) is 11.1 Å². The molecule has 1 aliphatic rings. The minimum absolute atomic E-state index is 0.0815. The van der Waals surface area contributed by atoms with Crippen LogP contribution in [0.1, 0.15) is 46.4 Å². The number of nitrogens with one attached hydrogen (secondary N) is 2. The Bertz CT molecular complexity index is 1530. The van der Waals surface area contributed by atoms with Crippen LogP contribution in [-0.4, -0.2) is 18.3 Å². The van der Waals surface area contributed by atoms with Gasteiger partial charge in [-0.2, -0.15) is 0 Å². The predicted molar refractivity (Wildman–Crippen MR) is 148 cm³/mol. The topological polar surface area (TPSA) is 53.5 Å². The van der Waals surface area contributed by atoms with Gasteiger partial charge < -0.3 is 10.6 Å². The van der Waals surface area contributed by atoms with Gasteiger partial charge in [0.25, 0.3) is 5.91 Å². The van der Waals surface area contributed by atoms with Gasteiger partial charge in [-0.05, 0) is 90.9 Å². The molecule has 0 unspecified atom stereocenters. The second-order valence-electron chi connectivity index (χ2n) is 9.62. The number of carbonyl (C=O) groups is 1. The average molecular weight is 528 g/mol. The summed E-state index contributed by atoms with van der Waals surface area (Å²) >= 11 is 0. The fourth-order valence-corrected chi connectivity index (χ4v) is 4.88. The maximum absolute atomic E-state index is 14.9. The van der Waals surface area contributed by atoms with E-state index in [9.17, 15) is 18.0 Å². The second-order valence-corrected chi connectivity index (χ2v) is 9.62. The van der Waals surface area contributed by atoms with Gasteiger partial charge in [0.05, 0.1) is 17.4 Å². The zero-order valence-electron chi connectivity index (χ0n) is 21.5. The SMILES string of the molecule is CC(=NCCc1ccc(F)cc1)Nc1ccc2c(c1)[C@H](NC(=O)c1ccc(-c3ccccc3F)cc1F)CC2. The molecule has 0 aromatic heterocycles. The van der Waals surface area contributed by atoms with Gasteiger partial charge in [-0.1, -0.05) is 42.5 Å². The van der Waals surface area contributed by atoms with Crippen LogP contribution in [0.25, 0.3) is 11.1 Å². The van der Waals surface area contributed by atoms with Gasteiger partial charge in [-0.3, -0.25) is 9.79 Å². The third kappa shape index (κ3) is 6.20. The lowest BCUT2D eigenvalue weighted by molar-refractivity contribution is 0.0932. The lowest BCUT2D eigenvalue weighted by Gasteiger charge is -2.16. The predicted octanol–water partition coefficient (Wildman–Crippen LogP) is 7.26. The van der Waals surface area contributed by atoms with Crippen molar-refractivity contribution in [1.29, 1.82) is 0 Å². The molecular formula is C32H28F3N3O. The highest BCUT2D eigenvalue weighted by atomic mass is 19.1. The number of carbonyl (C=O) groups excluding carboxylic acids is 1. The Morgan fingerprint density at radius 3 is 2.49 bits per heavy atom. The number of aryl methyl sites for hydroxylation is 1. The summed E-state index contributed by atoms with van der Waals surface area (Å²) in [6.45, 7) is 2.44. The monoisotopic (exact) mass is 527 g/mol. The van der Waals surface area contributed by atoms with Crippen LogP contribution in [0, 0.1) is 17.5 Å². The third-order valence-electron chi connectivity index (χ3n) is 6.92. The molecule has 4 nitrogen and oxygen atoms in total. The summed E-state index contributed by atoms with van der Waals surface area (Å²) in [6.07, 6.45) is 2.22. The summed E-state index contributed by atoms with van der Waals surface area (Å²) in [5, 5.41) is 6.26. The van der Waals surface area contributed by atoms with E-state index in [-0.39, 0.29) is 23.0 Å². The molecule has 1 aliphatic carbocycles. The maximum atomic E-state index is 14.9. The maximum Gasteiger partial charge on any atom is 0.254 e. The first-order valence-electron chi connectivity index (χ1n) is 12.9. The number of halogens is 3. The van der Waals surface area contributed by atoms with Crippen LogP contribution in [0.15, 0.2) is 89.9 Å². The number of aliphatic imine (C=N–C) groups is 1. The van der Waals surface area contributed by atoms with E-state index < -0.39 is 17.5 Å². The van der Waals surface area contributed by atoms with Crippen LogP contribution in [0.4, 0.5) is 18.9 Å². The normalized spacial score (nSPS) is 14.7. The van der Waals surface area contributed by atoms with Crippen LogP contribution in [0.3, 0.4) is 0 Å². The Balaban J connectivity index is 1.23. The first kappa shape index (κ1) is 26.2. The van der Waals surface area contributed by atoms with Crippen molar-refractivity contribution in [2.75, 3.05) is 11.9 Å². The largest absolute Gasteiger partial charge is 0.345 e. The number of anilines is 1. The van der Waals surface area contributed by atoms with Crippen molar-refractivity contribution < 1.29 is 18.0 Å². The number of hydrogen-bond acceptors (Lipinski definition) is 2. The van der Waals surface area contributed by atoms with Crippen LogP contribution < -0.4 is 10.6 Å². The summed E-state index contributed by atoms with van der Waals surface area (Å²) in [5.41, 5.74) is 4.55. The minimum atomic E-state index is -0.700. The van der Waals surface area contributed by atoms with Crippen LogP contribution in [-0.2, 0) is 12.8 Å². The van der Waals surface area contributed by atoms with Crippen molar-refractivity contribution >= 4 is 17.4 Å². The number of fused-ring (bicyclic) bond motifs is 1. The molecule has 0 radical (unpaired) electrons. The standard InChI is InChI=1S/C32H28F3N3O/c1-20(36-17-16-21-6-11-24(33)12-7-21)37-25-13-8-22-10-15-31(28(22)19-25)38-32(39)27-14-9-23(18-30(27)35)26-4-2-3-5-29(26)34/h2-9,11-14,18-19,31H,10,15-17H2,1H3,(H,36,37)(H,38,39)/t31-/m1/s1. The molecular weight excluding hydrogens is 499 g/mol. The van der Waals surface area contributed by atoms with E-state index in [2.05, 4.69) is 15.6 Å². The van der Waals surface area contributed by atoms with E-state index in [4.69, 9.17) is 0 Å². The van der Waals surface area contributed by atoms with Gasteiger partial charge in [0.15, 0.2) is 0 Å². The highest BCUT2D eigenvalue weighted by molar-refractivity contribution is 5.96. The summed E-state index contributed by atoms with van der Waals surface area (Å²) in [5.74, 6) is -1.17. The molecule has 0 fully saturated rings. The van der Waals surface area contributed by atoms with E-state index >= 15 is 0 Å². The van der Waals surface area contributed by atoms with Crippen LogP contribution in [0.5, 0.6) is 0 Å². The van der Waals surface area contributed by atoms with Crippen LogP contribution in [0.2, 0.25) is 0 Å². The Labute approximate surface area is 225 Å². The van der Waals surface area contributed by atoms with E-state index in [1.54, 1.807) is 36.4 Å². The van der Waals surface area contributed by atoms with Gasteiger partial charge >= 0.3 is 0 Å². The van der Waals surface area contributed by atoms with E-state index in [0.717, 1.165) is 34.6 Å². The van der Waals surface area contributed by atoms with Gasteiger partial charge in [0.1, 0.15) is 17.5 Å². The molecule has 39 heavy (non-hydrogen) atoms. The smallest absolute Gasteiger partial charge is 0.254 e. The quantitative estimate of drug-likeness (QED) is 0.196. The van der Waals surface area contributed by atoms with Gasteiger partial charge in [0, 0.05) is 17.8 Å². The Hall–Kier alpha value is -4.39. The van der Waals surface area contributed by atoms with Gasteiger partial charge in [-0.25, -0.2) is 13.2 Å². The number of nitrogens with zero attached hydrogens (tertiary/aromatic N) is 1. The highest BCUT2D eigenvalue weighted by Crippen LogP contribution is 2.34. The molecule has 0 spiro atoms. The first-order valence-corrected chi connectivity index (χ1v) is 12.9. The summed E-state index contributed by atoms with van der Waals surface area (Å²) in [7, 11) is 0. The first-order chi connectivity index (χ1) is 18.9. The number of benzene rings is 4. The van der Waals surface area contributed by atoms with E-state index in [0.29, 0.717) is 24.9 Å². The molecule has 2 N–H and O–H groups in total. The third-order valence-corrected chi connectivity index (χ3v) is 6.92. The van der Waals surface area contributed by atoms with Crippen molar-refractivity contribution in [1.82, 2.24) is 5.32 Å². The van der Waals surface area contributed by atoms with Crippen molar-refractivity contribution in [3.05, 3.63) is 125 Å². The molecule has 0 heterocycles. The molecule has 198 valence electrons. The Kier molecular flexibility index (Phi) is 7.77. The highest BCUT2D eigenvalue weighted by Gasteiger charge is 2.26. The molecule has 4 aromatic rings. The molecule has 0 bridgehead atoms. The molecule has 1 atom stereocenters. The second kappa shape index (κ2) is 11.6. The van der Waals surface area contributed by atoms with Crippen molar-refractivity contribution in [2.45, 2.75) is 32.2 Å². The number of hydrogen-bond donors (Lipinski definition) is 2. The number of amidine groups is 1. The van der Waals surface area contributed by atoms with Crippen LogP contribution >= 0.6 is 0 Å². The number of amides is 1. The minimum Gasteiger partial charge on any atom is -0.345 e. The molecule has 7 heteroatoms. The summed E-state index contributed by atoms with van der Waals surface area (Å²) < 4.78 is 42.1. The lowest BCUT2D eigenvalue weighted by Crippen LogP contribution is -2.28. The molecule has 0 aliphatic heterocycles. The average Bonchev–Trinajstić information content (AvgIpc) is 3.31. The fraction of sp³-hybridized carbons (Fsp3) is 0.188. The summed E-state index contributed by atoms with van der Waals surface area (Å²) in [6, 6.07) is 22.4. The zero-order valence-corrected chi connectivity index (χ0v) is 21.5. The van der Waals surface area contributed by atoms with Gasteiger partial charge in [0.2, 0.25) is 0 Å². The van der Waals surface area contributed by atoms with Crippen molar-refractivity contribution in [3.63, 3.8) is 0 Å². The Morgan fingerprint density at radius 1 is 0.923 bits per heavy atom. The zero-order chi connectivity index (χ0) is 27.4. The summed E-state index contributed by atoms with van der Waals surface area (Å²) in [4.78, 5) is 17.5. The lowest BCUT2D eigenvalue weighted by atomic mass is 10.0. The fourth-order valence-electron chi connectivity index (χ4n) is 4.88. The van der Waals surface area contributed by atoms with E-state index in [1.165, 1.54) is 30.3 Å². The molecule has 0 saturated carbocycles. The molecule has 5 rings (SSSR count). The number of rotatable bonds is 7. The molecule has 4 aromatic carbocycles. The van der Waals surface area contributed by atoms with Gasteiger partial charge in [-0.15, -0.1) is 0 Å². The van der Waals surface area contributed by atoms with E-state index in [1.807, 2.05) is 25.1 Å². The molecule has 1 amide bonds.